The van der Waals surface area contributed by atoms with Crippen molar-refractivity contribution in [2.45, 2.75) is 0 Å². The molecule has 1 saturated heterocycles. The number of carbonyl (C=O) groups excluding carboxylic acids is 1. The van der Waals surface area contributed by atoms with Crippen molar-refractivity contribution >= 4 is 45.7 Å². The second kappa shape index (κ2) is 6.20. The number of hydrogen-bond acceptors (Lipinski definition) is 3. The fourth-order valence-electron chi connectivity index (χ4n) is 2.04. The lowest BCUT2D eigenvalue weighted by atomic mass is 10.2. The van der Waals surface area contributed by atoms with Crippen LogP contribution in [0.3, 0.4) is 0 Å². The first kappa shape index (κ1) is 14.0. The highest BCUT2D eigenvalue weighted by Crippen LogP contribution is 2.27. The number of amidine groups is 1. The van der Waals surface area contributed by atoms with Crippen LogP contribution in [0.5, 0.6) is 0 Å². The first-order valence-corrected chi connectivity index (χ1v) is 7.84. The molecule has 104 valence electrons. The molecular weight excluding hydrogens is 300 g/mol. The maximum Gasteiger partial charge on any atom is 0.278 e. The predicted octanol–water partition coefficient (Wildman–Crippen LogP) is 3.76. The minimum absolute atomic E-state index is 0.239. The molecule has 5 heteroatoms. The predicted molar refractivity (Wildman–Crippen MR) is 92.2 cm³/mol. The molecule has 3 rings (SSSR count). The van der Waals surface area contributed by atoms with Crippen molar-refractivity contribution in [3.8, 4) is 0 Å². The molecule has 1 heterocycles. The second-order valence-corrected chi connectivity index (χ2v) is 6.03. The highest BCUT2D eigenvalue weighted by Gasteiger charge is 2.27. The van der Waals surface area contributed by atoms with Gasteiger partial charge in [0.25, 0.3) is 5.91 Å². The van der Waals surface area contributed by atoms with Crippen molar-refractivity contribution in [2.75, 3.05) is 10.7 Å². The lowest BCUT2D eigenvalue weighted by Crippen LogP contribution is -2.29. The Morgan fingerprint density at radius 1 is 1.05 bits per heavy atom. The van der Waals surface area contributed by atoms with Crippen LogP contribution < -0.4 is 4.90 Å². The summed E-state index contributed by atoms with van der Waals surface area (Å²) < 4.78 is 0.723. The third-order valence-corrected chi connectivity index (χ3v) is 4.40. The van der Waals surface area contributed by atoms with Crippen LogP contribution in [0.15, 0.2) is 65.7 Å². The van der Waals surface area contributed by atoms with E-state index in [0.29, 0.717) is 17.2 Å². The molecule has 2 aromatic carbocycles. The highest BCUT2D eigenvalue weighted by molar-refractivity contribution is 8.24. The summed E-state index contributed by atoms with van der Waals surface area (Å²) in [5.41, 5.74) is 1.52. The van der Waals surface area contributed by atoms with Crippen molar-refractivity contribution in [3.63, 3.8) is 0 Å². The molecule has 0 bridgehead atoms. The average Bonchev–Trinajstić information content (AvgIpc) is 2.89. The minimum Gasteiger partial charge on any atom is -0.283 e. The zero-order valence-corrected chi connectivity index (χ0v) is 12.7. The maximum absolute atomic E-state index is 12.2. The average molecular weight is 312 g/mol. The Morgan fingerprint density at radius 3 is 2.33 bits per heavy atom. The number of rotatable bonds is 2. The fraction of sp³-hybridized carbons (Fsp3) is 0.0625. The van der Waals surface area contributed by atoms with Crippen molar-refractivity contribution in [1.82, 2.24) is 0 Å². The van der Waals surface area contributed by atoms with Crippen LogP contribution in [0.2, 0.25) is 0 Å². The Labute approximate surface area is 132 Å². The molecule has 1 fully saturated rings. The van der Waals surface area contributed by atoms with E-state index in [0.717, 1.165) is 10.0 Å². The standard InChI is InChI=1S/C16H12N2OS2/c19-15(12-7-3-1-4-8-12)17-14-11-21-16(20)18(14)13-9-5-2-6-10-13/h1-10H,11H2/b17-14+. The number of thioether (sulfide) groups is 1. The molecule has 2 aromatic rings. The van der Waals surface area contributed by atoms with Gasteiger partial charge in [-0.3, -0.25) is 9.69 Å². The number of anilines is 1. The molecule has 0 radical (unpaired) electrons. The van der Waals surface area contributed by atoms with Gasteiger partial charge in [0.1, 0.15) is 10.2 Å². The Morgan fingerprint density at radius 2 is 1.67 bits per heavy atom. The summed E-state index contributed by atoms with van der Waals surface area (Å²) in [7, 11) is 0. The molecule has 1 amide bonds. The summed E-state index contributed by atoms with van der Waals surface area (Å²) in [5.74, 6) is 1.06. The molecule has 0 unspecified atom stereocenters. The van der Waals surface area contributed by atoms with Crippen LogP contribution in [0.1, 0.15) is 10.4 Å². The van der Waals surface area contributed by atoms with E-state index in [2.05, 4.69) is 4.99 Å². The number of carbonyl (C=O) groups is 1. The molecule has 1 aliphatic heterocycles. The van der Waals surface area contributed by atoms with Gasteiger partial charge < -0.3 is 0 Å². The van der Waals surface area contributed by atoms with E-state index in [9.17, 15) is 4.79 Å². The number of aliphatic imine (C=N–C) groups is 1. The number of nitrogens with zero attached hydrogens (tertiary/aromatic N) is 2. The van der Waals surface area contributed by atoms with Gasteiger partial charge in [0, 0.05) is 11.3 Å². The van der Waals surface area contributed by atoms with Gasteiger partial charge in [0.05, 0.1) is 5.75 Å². The first-order valence-electron chi connectivity index (χ1n) is 6.44. The Kier molecular flexibility index (Phi) is 4.13. The normalized spacial score (nSPS) is 16.5. The van der Waals surface area contributed by atoms with Crippen LogP contribution >= 0.6 is 24.0 Å². The van der Waals surface area contributed by atoms with Crippen LogP contribution in [0.25, 0.3) is 0 Å². The third kappa shape index (κ3) is 3.04. The monoisotopic (exact) mass is 312 g/mol. The molecule has 21 heavy (non-hydrogen) atoms. The van der Waals surface area contributed by atoms with Gasteiger partial charge in [-0.15, -0.1) is 0 Å². The van der Waals surface area contributed by atoms with E-state index >= 15 is 0 Å². The number of thiocarbonyl (C=S) groups is 1. The van der Waals surface area contributed by atoms with Gasteiger partial charge in [-0.1, -0.05) is 60.4 Å². The molecule has 0 spiro atoms. The SMILES string of the molecule is O=C(/N=C1\CSC(=S)N1c1ccccc1)c1ccccc1. The summed E-state index contributed by atoms with van der Waals surface area (Å²) in [5, 5.41) is 0. The van der Waals surface area contributed by atoms with Crippen molar-refractivity contribution < 1.29 is 4.79 Å². The van der Waals surface area contributed by atoms with Crippen LogP contribution in [0, 0.1) is 0 Å². The Hall–Kier alpha value is -1.98. The summed E-state index contributed by atoms with van der Waals surface area (Å²) in [4.78, 5) is 18.3. The molecule has 0 saturated carbocycles. The van der Waals surface area contributed by atoms with Crippen LogP contribution in [-0.4, -0.2) is 21.8 Å². The van der Waals surface area contributed by atoms with Gasteiger partial charge in [0.2, 0.25) is 0 Å². The van der Waals surface area contributed by atoms with Gasteiger partial charge >= 0.3 is 0 Å². The quantitative estimate of drug-likeness (QED) is 0.790. The summed E-state index contributed by atoms with van der Waals surface area (Å²) >= 11 is 6.89. The minimum atomic E-state index is -0.239. The van der Waals surface area contributed by atoms with Gasteiger partial charge in [-0.2, -0.15) is 4.99 Å². The number of hydrogen-bond donors (Lipinski definition) is 0. The number of para-hydroxylation sites is 1. The third-order valence-electron chi connectivity index (χ3n) is 3.03. The van der Waals surface area contributed by atoms with Gasteiger partial charge in [-0.05, 0) is 24.3 Å². The van der Waals surface area contributed by atoms with Gasteiger partial charge in [0.15, 0.2) is 0 Å². The van der Waals surface area contributed by atoms with E-state index in [1.807, 2.05) is 53.4 Å². The molecular formula is C16H12N2OS2. The highest BCUT2D eigenvalue weighted by atomic mass is 32.2. The Balaban J connectivity index is 1.92. The lowest BCUT2D eigenvalue weighted by molar-refractivity contribution is 0.100. The van der Waals surface area contributed by atoms with Crippen molar-refractivity contribution in [3.05, 3.63) is 66.2 Å². The summed E-state index contributed by atoms with van der Waals surface area (Å²) in [6.07, 6.45) is 0. The number of benzene rings is 2. The largest absolute Gasteiger partial charge is 0.283 e. The van der Waals surface area contributed by atoms with E-state index in [1.54, 1.807) is 12.1 Å². The maximum atomic E-state index is 12.2. The van der Waals surface area contributed by atoms with Crippen LogP contribution in [-0.2, 0) is 0 Å². The molecule has 0 atom stereocenters. The van der Waals surface area contributed by atoms with Crippen LogP contribution in [0.4, 0.5) is 5.69 Å². The van der Waals surface area contributed by atoms with Gasteiger partial charge in [-0.25, -0.2) is 0 Å². The van der Waals surface area contributed by atoms with E-state index in [4.69, 9.17) is 12.2 Å². The summed E-state index contributed by atoms with van der Waals surface area (Å²) in [6.45, 7) is 0. The molecule has 1 aliphatic rings. The van der Waals surface area contributed by atoms with E-state index in [1.165, 1.54) is 11.8 Å². The van der Waals surface area contributed by atoms with Crippen molar-refractivity contribution in [2.24, 2.45) is 4.99 Å². The first-order chi connectivity index (χ1) is 10.3. The topological polar surface area (TPSA) is 32.7 Å². The molecule has 0 aromatic heterocycles. The summed E-state index contributed by atoms with van der Waals surface area (Å²) in [6, 6.07) is 18.8. The lowest BCUT2D eigenvalue weighted by Gasteiger charge is -2.17. The van der Waals surface area contributed by atoms with Crippen molar-refractivity contribution in [1.29, 1.82) is 0 Å². The molecule has 0 aliphatic carbocycles. The zero-order chi connectivity index (χ0) is 14.7. The van der Waals surface area contributed by atoms with E-state index in [-0.39, 0.29) is 5.91 Å². The van der Waals surface area contributed by atoms with E-state index < -0.39 is 0 Å². The fourth-order valence-corrected chi connectivity index (χ4v) is 3.21. The molecule has 3 nitrogen and oxygen atoms in total. The Bertz CT molecular complexity index is 699. The zero-order valence-electron chi connectivity index (χ0n) is 11.1. The second-order valence-electron chi connectivity index (χ2n) is 4.42. The molecule has 0 N–H and O–H groups in total. The smallest absolute Gasteiger partial charge is 0.278 e. The number of amides is 1.